The van der Waals surface area contributed by atoms with Crippen molar-refractivity contribution in [1.82, 2.24) is 4.98 Å². The number of aryl methyl sites for hydroxylation is 1. The highest BCUT2D eigenvalue weighted by Gasteiger charge is 2.17. The van der Waals surface area contributed by atoms with Crippen molar-refractivity contribution in [2.45, 2.75) is 13.0 Å². The predicted molar refractivity (Wildman–Crippen MR) is 56.2 cm³/mol. The zero-order valence-corrected chi connectivity index (χ0v) is 8.34. The molecular weight excluding hydrogens is 192 g/mol. The van der Waals surface area contributed by atoms with E-state index in [1.54, 1.807) is 37.7 Å². The van der Waals surface area contributed by atoms with E-state index in [2.05, 4.69) is 4.98 Å². The normalized spacial score (nSPS) is 12.7. The van der Waals surface area contributed by atoms with Gasteiger partial charge in [0.15, 0.2) is 0 Å². The zero-order chi connectivity index (χ0) is 10.8. The van der Waals surface area contributed by atoms with Gasteiger partial charge in [0.1, 0.15) is 11.9 Å². The van der Waals surface area contributed by atoms with E-state index in [1.807, 2.05) is 0 Å². The molecule has 2 aromatic heterocycles. The Morgan fingerprint density at radius 2 is 2.20 bits per heavy atom. The van der Waals surface area contributed by atoms with Crippen LogP contribution in [0.25, 0.3) is 0 Å². The number of rotatable bonds is 2. The summed E-state index contributed by atoms with van der Waals surface area (Å²) in [5, 5.41) is 10.1. The number of hydrogen-bond donors (Lipinski definition) is 2. The molecule has 2 aromatic rings. The Bertz CT molecular complexity index is 465. The summed E-state index contributed by atoms with van der Waals surface area (Å²) in [6.45, 7) is 1.80. The fraction of sp³-hybridized carbons (Fsp3) is 0.182. The molecule has 2 heterocycles. The van der Waals surface area contributed by atoms with E-state index in [4.69, 9.17) is 10.2 Å². The van der Waals surface area contributed by atoms with Gasteiger partial charge in [0.2, 0.25) is 0 Å². The van der Waals surface area contributed by atoms with E-state index < -0.39 is 6.10 Å². The average molecular weight is 204 g/mol. The number of aliphatic hydroxyl groups is 1. The van der Waals surface area contributed by atoms with Crippen LogP contribution in [-0.2, 0) is 0 Å². The van der Waals surface area contributed by atoms with Gasteiger partial charge in [0.05, 0.1) is 6.26 Å². The largest absolute Gasteiger partial charge is 0.469 e. The maximum atomic E-state index is 10.1. The molecule has 78 valence electrons. The fourth-order valence-electron chi connectivity index (χ4n) is 1.49. The van der Waals surface area contributed by atoms with E-state index in [-0.39, 0.29) is 0 Å². The highest BCUT2D eigenvalue weighted by Crippen LogP contribution is 2.28. The van der Waals surface area contributed by atoms with E-state index >= 15 is 0 Å². The summed E-state index contributed by atoms with van der Waals surface area (Å²) in [5.74, 6) is 0.686. The first-order chi connectivity index (χ1) is 7.20. The number of furan rings is 1. The van der Waals surface area contributed by atoms with Gasteiger partial charge in [-0.2, -0.15) is 0 Å². The summed E-state index contributed by atoms with van der Waals surface area (Å²) in [7, 11) is 0. The minimum Gasteiger partial charge on any atom is -0.469 e. The Morgan fingerprint density at radius 3 is 2.80 bits per heavy atom. The quantitative estimate of drug-likeness (QED) is 0.780. The monoisotopic (exact) mass is 204 g/mol. The van der Waals surface area contributed by atoms with E-state index in [0.717, 1.165) is 5.56 Å². The summed E-state index contributed by atoms with van der Waals surface area (Å²) in [6, 6.07) is 3.39. The molecule has 0 saturated heterocycles. The number of pyridine rings is 1. The van der Waals surface area contributed by atoms with Crippen LogP contribution in [0.3, 0.4) is 0 Å². The number of aromatic nitrogens is 1. The molecular formula is C11H12N2O2. The van der Waals surface area contributed by atoms with Crippen molar-refractivity contribution in [1.29, 1.82) is 0 Å². The predicted octanol–water partition coefficient (Wildman–Crippen LogP) is 1.65. The molecule has 0 aliphatic rings. The van der Waals surface area contributed by atoms with Crippen LogP contribution in [0.2, 0.25) is 0 Å². The van der Waals surface area contributed by atoms with Crippen molar-refractivity contribution < 1.29 is 9.52 Å². The van der Waals surface area contributed by atoms with E-state index in [1.165, 1.54) is 0 Å². The molecule has 0 radical (unpaired) electrons. The van der Waals surface area contributed by atoms with Gasteiger partial charge in [0.25, 0.3) is 0 Å². The summed E-state index contributed by atoms with van der Waals surface area (Å²) >= 11 is 0. The SMILES string of the molecule is Cc1occc1C(O)c1cnccc1N. The second-order valence-electron chi connectivity index (χ2n) is 3.34. The first-order valence-electron chi connectivity index (χ1n) is 4.61. The third-order valence-electron chi connectivity index (χ3n) is 2.38. The molecule has 0 aliphatic carbocycles. The Kier molecular flexibility index (Phi) is 2.43. The smallest absolute Gasteiger partial charge is 0.111 e. The van der Waals surface area contributed by atoms with E-state index in [0.29, 0.717) is 17.0 Å². The molecule has 1 unspecified atom stereocenters. The minimum atomic E-state index is -0.780. The van der Waals surface area contributed by atoms with Crippen molar-refractivity contribution in [2.75, 3.05) is 5.73 Å². The third-order valence-corrected chi connectivity index (χ3v) is 2.38. The van der Waals surface area contributed by atoms with Crippen molar-refractivity contribution in [3.8, 4) is 0 Å². The molecule has 2 rings (SSSR count). The molecule has 0 spiro atoms. The zero-order valence-electron chi connectivity index (χ0n) is 8.34. The van der Waals surface area contributed by atoms with Gasteiger partial charge in [0, 0.05) is 29.2 Å². The average Bonchev–Trinajstić information content (AvgIpc) is 2.64. The van der Waals surface area contributed by atoms with E-state index in [9.17, 15) is 5.11 Å². The first kappa shape index (κ1) is 9.73. The maximum absolute atomic E-state index is 10.1. The Hall–Kier alpha value is -1.81. The standard InChI is InChI=1S/C11H12N2O2/c1-7-8(3-5-15-7)11(14)9-6-13-4-2-10(9)12/h2-6,11,14H,1H3,(H2,12,13). The Morgan fingerprint density at radius 1 is 1.40 bits per heavy atom. The molecule has 0 bridgehead atoms. The molecule has 15 heavy (non-hydrogen) atoms. The topological polar surface area (TPSA) is 72.3 Å². The lowest BCUT2D eigenvalue weighted by atomic mass is 10.0. The molecule has 0 fully saturated rings. The van der Waals surface area contributed by atoms with Crippen molar-refractivity contribution in [3.63, 3.8) is 0 Å². The van der Waals surface area contributed by atoms with Crippen molar-refractivity contribution in [2.24, 2.45) is 0 Å². The Labute approximate surface area is 87.4 Å². The molecule has 0 aromatic carbocycles. The first-order valence-corrected chi connectivity index (χ1v) is 4.61. The number of anilines is 1. The van der Waals surface area contributed by atoms with Crippen LogP contribution in [0.4, 0.5) is 5.69 Å². The fourth-order valence-corrected chi connectivity index (χ4v) is 1.49. The molecule has 1 atom stereocenters. The van der Waals surface area contributed by atoms with Gasteiger partial charge in [-0.3, -0.25) is 4.98 Å². The second-order valence-corrected chi connectivity index (χ2v) is 3.34. The molecule has 0 aliphatic heterocycles. The third kappa shape index (κ3) is 1.71. The highest BCUT2D eigenvalue weighted by molar-refractivity contribution is 5.48. The van der Waals surface area contributed by atoms with Gasteiger partial charge in [-0.1, -0.05) is 0 Å². The second kappa shape index (κ2) is 3.74. The number of hydrogen-bond acceptors (Lipinski definition) is 4. The van der Waals surface area contributed by atoms with Gasteiger partial charge < -0.3 is 15.3 Å². The molecule has 0 saturated carbocycles. The van der Waals surface area contributed by atoms with Crippen LogP contribution in [0, 0.1) is 6.92 Å². The minimum absolute atomic E-state index is 0.526. The summed E-state index contributed by atoms with van der Waals surface area (Å²) in [4.78, 5) is 3.94. The van der Waals surface area contributed by atoms with Gasteiger partial charge in [-0.05, 0) is 19.1 Å². The highest BCUT2D eigenvalue weighted by atomic mass is 16.3. The number of aliphatic hydroxyl groups excluding tert-OH is 1. The van der Waals surface area contributed by atoms with Crippen LogP contribution in [0.5, 0.6) is 0 Å². The van der Waals surface area contributed by atoms with Crippen LogP contribution in [0.1, 0.15) is 23.0 Å². The summed E-state index contributed by atoms with van der Waals surface area (Å²) in [6.07, 6.45) is 3.91. The number of nitrogens with two attached hydrogens (primary N) is 1. The number of nitrogen functional groups attached to an aromatic ring is 1. The maximum Gasteiger partial charge on any atom is 0.111 e. The molecule has 0 amide bonds. The molecule has 4 nitrogen and oxygen atoms in total. The van der Waals surface area contributed by atoms with Crippen LogP contribution < -0.4 is 5.73 Å². The molecule has 3 N–H and O–H groups in total. The van der Waals surface area contributed by atoms with Gasteiger partial charge in [-0.25, -0.2) is 0 Å². The Balaban J connectivity index is 2.41. The van der Waals surface area contributed by atoms with Crippen LogP contribution in [0.15, 0.2) is 35.2 Å². The lowest BCUT2D eigenvalue weighted by Crippen LogP contribution is -2.04. The summed E-state index contributed by atoms with van der Waals surface area (Å²) < 4.78 is 5.13. The summed E-state index contributed by atoms with van der Waals surface area (Å²) in [5.41, 5.74) is 7.59. The van der Waals surface area contributed by atoms with Gasteiger partial charge >= 0.3 is 0 Å². The number of nitrogens with zero attached hydrogens (tertiary/aromatic N) is 1. The van der Waals surface area contributed by atoms with Crippen molar-refractivity contribution >= 4 is 5.69 Å². The lowest BCUT2D eigenvalue weighted by molar-refractivity contribution is 0.218. The lowest BCUT2D eigenvalue weighted by Gasteiger charge is -2.11. The van der Waals surface area contributed by atoms with Crippen molar-refractivity contribution in [3.05, 3.63) is 47.7 Å². The van der Waals surface area contributed by atoms with Gasteiger partial charge in [-0.15, -0.1) is 0 Å². The van der Waals surface area contributed by atoms with Crippen LogP contribution >= 0.6 is 0 Å². The van der Waals surface area contributed by atoms with Crippen LogP contribution in [-0.4, -0.2) is 10.1 Å². The molecule has 4 heteroatoms.